The van der Waals surface area contributed by atoms with Gasteiger partial charge in [-0.1, -0.05) is 17.7 Å². The minimum absolute atomic E-state index is 0.618. The standard InChI is InChI=1S/C12H11BrN2O/c1-8-2-4-9(5-3-8)15-12(13)10-6-16-7-11(10)14-15/h2-5H,6-7H2,1H3. The summed E-state index contributed by atoms with van der Waals surface area (Å²) in [6.45, 7) is 3.35. The van der Waals surface area contributed by atoms with Crippen LogP contribution in [0.15, 0.2) is 28.9 Å². The van der Waals surface area contributed by atoms with Crippen molar-refractivity contribution in [2.75, 3.05) is 0 Å². The van der Waals surface area contributed by atoms with Crippen LogP contribution in [0.4, 0.5) is 0 Å². The second kappa shape index (κ2) is 3.71. The van der Waals surface area contributed by atoms with E-state index in [-0.39, 0.29) is 0 Å². The maximum Gasteiger partial charge on any atom is 0.115 e. The summed E-state index contributed by atoms with van der Waals surface area (Å²) in [7, 11) is 0. The van der Waals surface area contributed by atoms with Gasteiger partial charge < -0.3 is 4.74 Å². The van der Waals surface area contributed by atoms with Gasteiger partial charge in [-0.25, -0.2) is 4.68 Å². The Kier molecular flexibility index (Phi) is 2.33. The number of hydrogen-bond acceptors (Lipinski definition) is 2. The summed E-state index contributed by atoms with van der Waals surface area (Å²) in [6.07, 6.45) is 0. The molecule has 0 saturated heterocycles. The van der Waals surface area contributed by atoms with Crippen molar-refractivity contribution < 1.29 is 4.74 Å². The number of halogens is 1. The normalized spacial score (nSPS) is 14.1. The van der Waals surface area contributed by atoms with Crippen LogP contribution in [0, 0.1) is 6.92 Å². The molecule has 82 valence electrons. The first kappa shape index (κ1) is 10.1. The molecule has 1 aromatic heterocycles. The van der Waals surface area contributed by atoms with Crippen LogP contribution in [0.2, 0.25) is 0 Å². The molecule has 16 heavy (non-hydrogen) atoms. The number of nitrogens with zero attached hydrogens (tertiary/aromatic N) is 2. The molecule has 0 atom stereocenters. The van der Waals surface area contributed by atoms with Crippen LogP contribution in [0.25, 0.3) is 5.69 Å². The van der Waals surface area contributed by atoms with Gasteiger partial charge in [-0.2, -0.15) is 5.10 Å². The molecule has 1 aliphatic heterocycles. The molecule has 2 aromatic rings. The molecule has 3 rings (SSSR count). The predicted molar refractivity (Wildman–Crippen MR) is 64.5 cm³/mol. The lowest BCUT2D eigenvalue weighted by Crippen LogP contribution is -1.99. The quantitative estimate of drug-likeness (QED) is 0.802. The lowest BCUT2D eigenvalue weighted by atomic mass is 10.2. The molecule has 0 aliphatic carbocycles. The summed E-state index contributed by atoms with van der Waals surface area (Å²) < 4.78 is 8.27. The van der Waals surface area contributed by atoms with E-state index in [1.807, 2.05) is 4.68 Å². The van der Waals surface area contributed by atoms with E-state index in [1.165, 1.54) is 11.1 Å². The van der Waals surface area contributed by atoms with E-state index in [4.69, 9.17) is 4.74 Å². The van der Waals surface area contributed by atoms with Crippen molar-refractivity contribution in [2.24, 2.45) is 0 Å². The average Bonchev–Trinajstić information content (AvgIpc) is 2.84. The molecule has 4 heteroatoms. The third-order valence-electron chi connectivity index (χ3n) is 2.77. The fourth-order valence-corrected chi connectivity index (χ4v) is 2.46. The largest absolute Gasteiger partial charge is 0.370 e. The first-order valence-electron chi connectivity index (χ1n) is 5.17. The third kappa shape index (κ3) is 1.49. The fraction of sp³-hybridized carbons (Fsp3) is 0.250. The smallest absolute Gasteiger partial charge is 0.115 e. The minimum atomic E-state index is 0.618. The molecule has 0 saturated carbocycles. The van der Waals surface area contributed by atoms with Crippen molar-refractivity contribution in [3.05, 3.63) is 45.7 Å². The topological polar surface area (TPSA) is 27.1 Å². The van der Waals surface area contributed by atoms with Crippen LogP contribution in [-0.4, -0.2) is 9.78 Å². The van der Waals surface area contributed by atoms with Gasteiger partial charge in [-0.05, 0) is 35.0 Å². The van der Waals surface area contributed by atoms with E-state index in [0.717, 1.165) is 16.0 Å². The zero-order chi connectivity index (χ0) is 11.1. The van der Waals surface area contributed by atoms with E-state index in [2.05, 4.69) is 52.2 Å². The number of ether oxygens (including phenoxy) is 1. The zero-order valence-electron chi connectivity index (χ0n) is 8.90. The SMILES string of the molecule is Cc1ccc(-n2nc3c(c2Br)COC3)cc1. The van der Waals surface area contributed by atoms with Gasteiger partial charge in [-0.3, -0.25) is 0 Å². The fourth-order valence-electron chi connectivity index (χ4n) is 1.84. The molecule has 0 bridgehead atoms. The van der Waals surface area contributed by atoms with Crippen LogP contribution >= 0.6 is 15.9 Å². The van der Waals surface area contributed by atoms with Gasteiger partial charge in [0.05, 0.1) is 24.6 Å². The van der Waals surface area contributed by atoms with Crippen molar-refractivity contribution >= 4 is 15.9 Å². The molecular formula is C12H11BrN2O. The highest BCUT2D eigenvalue weighted by Gasteiger charge is 2.21. The number of aryl methyl sites for hydroxylation is 1. The van der Waals surface area contributed by atoms with E-state index in [1.54, 1.807) is 0 Å². The van der Waals surface area contributed by atoms with Gasteiger partial charge in [0, 0.05) is 5.56 Å². The van der Waals surface area contributed by atoms with Crippen molar-refractivity contribution in [3.63, 3.8) is 0 Å². The molecule has 3 nitrogen and oxygen atoms in total. The van der Waals surface area contributed by atoms with Crippen LogP contribution in [0.5, 0.6) is 0 Å². The second-order valence-corrected chi connectivity index (χ2v) is 4.71. The van der Waals surface area contributed by atoms with Gasteiger partial charge >= 0.3 is 0 Å². The highest BCUT2D eigenvalue weighted by atomic mass is 79.9. The van der Waals surface area contributed by atoms with Crippen LogP contribution < -0.4 is 0 Å². The Hall–Kier alpha value is -1.13. The second-order valence-electron chi connectivity index (χ2n) is 3.96. The Balaban J connectivity index is 2.10. The molecule has 0 N–H and O–H groups in total. The van der Waals surface area contributed by atoms with Crippen LogP contribution in [0.1, 0.15) is 16.8 Å². The maximum absolute atomic E-state index is 5.34. The van der Waals surface area contributed by atoms with Crippen molar-refractivity contribution in [3.8, 4) is 5.69 Å². The van der Waals surface area contributed by atoms with Crippen molar-refractivity contribution in [2.45, 2.75) is 20.1 Å². The minimum Gasteiger partial charge on any atom is -0.370 e. The predicted octanol–water partition coefficient (Wildman–Crippen LogP) is 2.97. The number of hydrogen-bond donors (Lipinski definition) is 0. The van der Waals surface area contributed by atoms with E-state index < -0.39 is 0 Å². The summed E-state index contributed by atoms with van der Waals surface area (Å²) in [4.78, 5) is 0. The summed E-state index contributed by atoms with van der Waals surface area (Å²) in [6, 6.07) is 8.32. The zero-order valence-corrected chi connectivity index (χ0v) is 10.5. The van der Waals surface area contributed by atoms with E-state index in [9.17, 15) is 0 Å². The van der Waals surface area contributed by atoms with Gasteiger partial charge in [0.1, 0.15) is 4.60 Å². The summed E-state index contributed by atoms with van der Waals surface area (Å²) in [5, 5.41) is 4.54. The Morgan fingerprint density at radius 2 is 2.00 bits per heavy atom. The lowest BCUT2D eigenvalue weighted by Gasteiger charge is -2.04. The average molecular weight is 279 g/mol. The molecule has 0 amide bonds. The number of benzene rings is 1. The van der Waals surface area contributed by atoms with Crippen molar-refractivity contribution in [1.29, 1.82) is 0 Å². The lowest BCUT2D eigenvalue weighted by molar-refractivity contribution is 0.131. The van der Waals surface area contributed by atoms with Crippen molar-refractivity contribution in [1.82, 2.24) is 9.78 Å². The van der Waals surface area contributed by atoms with Gasteiger partial charge in [0.15, 0.2) is 0 Å². The van der Waals surface area contributed by atoms with E-state index >= 15 is 0 Å². The highest BCUT2D eigenvalue weighted by molar-refractivity contribution is 9.10. The van der Waals surface area contributed by atoms with Gasteiger partial charge in [0.25, 0.3) is 0 Å². The molecular weight excluding hydrogens is 268 g/mol. The summed E-state index contributed by atoms with van der Waals surface area (Å²) >= 11 is 3.58. The molecule has 0 unspecified atom stereocenters. The monoisotopic (exact) mass is 278 g/mol. The summed E-state index contributed by atoms with van der Waals surface area (Å²) in [5.41, 5.74) is 4.53. The highest BCUT2D eigenvalue weighted by Crippen LogP contribution is 2.29. The molecule has 2 heterocycles. The van der Waals surface area contributed by atoms with Gasteiger partial charge in [0.2, 0.25) is 0 Å². The first-order valence-corrected chi connectivity index (χ1v) is 5.96. The maximum atomic E-state index is 5.34. The Labute approximate surface area is 102 Å². The first-order chi connectivity index (χ1) is 7.75. The third-order valence-corrected chi connectivity index (χ3v) is 3.58. The Morgan fingerprint density at radius 1 is 1.25 bits per heavy atom. The van der Waals surface area contributed by atoms with E-state index in [0.29, 0.717) is 13.2 Å². The van der Waals surface area contributed by atoms with Crippen LogP contribution in [0.3, 0.4) is 0 Å². The molecule has 0 radical (unpaired) electrons. The molecule has 1 aromatic carbocycles. The number of rotatable bonds is 1. The molecule has 0 spiro atoms. The Bertz CT molecular complexity index is 531. The van der Waals surface area contributed by atoms with Gasteiger partial charge in [-0.15, -0.1) is 0 Å². The summed E-state index contributed by atoms with van der Waals surface area (Å²) in [5.74, 6) is 0. The number of aromatic nitrogens is 2. The molecule has 0 fully saturated rings. The number of fused-ring (bicyclic) bond motifs is 1. The van der Waals surface area contributed by atoms with Crippen LogP contribution in [-0.2, 0) is 18.0 Å². The Morgan fingerprint density at radius 3 is 2.69 bits per heavy atom. The molecule has 1 aliphatic rings.